The van der Waals surface area contributed by atoms with Crippen LogP contribution in [0.3, 0.4) is 0 Å². The van der Waals surface area contributed by atoms with Gasteiger partial charge >= 0.3 is 0 Å². The Labute approximate surface area is 81.2 Å². The van der Waals surface area contributed by atoms with Crippen molar-refractivity contribution in [3.63, 3.8) is 0 Å². The molecule has 0 saturated heterocycles. The smallest absolute Gasteiger partial charge is 0.253 e. The lowest BCUT2D eigenvalue weighted by atomic mass is 9.89. The zero-order valence-electron chi connectivity index (χ0n) is 7.55. The van der Waals surface area contributed by atoms with Crippen LogP contribution in [0.1, 0.15) is 23.2 Å². The first kappa shape index (κ1) is 9.08. The van der Waals surface area contributed by atoms with Crippen molar-refractivity contribution in [2.75, 3.05) is 0 Å². The fraction of sp³-hybridized carbons (Fsp3) is 0.444. The van der Waals surface area contributed by atoms with Crippen molar-refractivity contribution in [3.05, 3.63) is 24.0 Å². The van der Waals surface area contributed by atoms with Gasteiger partial charge < -0.3 is 10.4 Å². The second-order valence-corrected chi connectivity index (χ2v) is 3.43. The van der Waals surface area contributed by atoms with Crippen LogP contribution in [0.25, 0.3) is 0 Å². The molecule has 1 amide bonds. The third-order valence-electron chi connectivity index (χ3n) is 2.29. The van der Waals surface area contributed by atoms with Gasteiger partial charge in [-0.15, -0.1) is 0 Å². The van der Waals surface area contributed by atoms with E-state index in [9.17, 15) is 4.79 Å². The zero-order valence-corrected chi connectivity index (χ0v) is 7.55. The van der Waals surface area contributed by atoms with E-state index in [-0.39, 0.29) is 18.1 Å². The third kappa shape index (κ3) is 1.88. The third-order valence-corrected chi connectivity index (χ3v) is 2.29. The Morgan fingerprint density at radius 2 is 2.29 bits per heavy atom. The van der Waals surface area contributed by atoms with Gasteiger partial charge in [0, 0.05) is 6.04 Å². The van der Waals surface area contributed by atoms with Crippen molar-refractivity contribution in [2.24, 2.45) is 0 Å². The highest BCUT2D eigenvalue weighted by atomic mass is 16.3. The van der Waals surface area contributed by atoms with Gasteiger partial charge in [0.15, 0.2) is 0 Å². The maximum atomic E-state index is 11.5. The molecule has 1 aromatic rings. The maximum Gasteiger partial charge on any atom is 0.253 e. The highest BCUT2D eigenvalue weighted by Gasteiger charge is 2.28. The normalized spacial score (nSPS) is 25.2. The molecule has 0 aromatic carbocycles. The van der Waals surface area contributed by atoms with Crippen LogP contribution in [0.15, 0.2) is 18.5 Å². The number of nitrogens with one attached hydrogen (secondary N) is 1. The molecule has 1 heterocycles. The molecule has 0 bridgehead atoms. The molecule has 1 aliphatic rings. The molecule has 1 aliphatic carbocycles. The number of hydrogen-bond donors (Lipinski definition) is 2. The van der Waals surface area contributed by atoms with Gasteiger partial charge in [-0.05, 0) is 18.9 Å². The standard InChI is InChI=1S/C9H11N3O2/c13-8-3-7(4-8)12-9(14)6-1-2-10-11-5-6/h1-2,5,7-8,13H,3-4H2,(H,12,14). The second-order valence-electron chi connectivity index (χ2n) is 3.43. The Bertz CT molecular complexity index is 322. The van der Waals surface area contributed by atoms with Crippen LogP contribution in [0.4, 0.5) is 0 Å². The first-order valence-electron chi connectivity index (χ1n) is 4.51. The van der Waals surface area contributed by atoms with Crippen LogP contribution in [-0.2, 0) is 0 Å². The molecule has 0 radical (unpaired) electrons. The zero-order chi connectivity index (χ0) is 9.97. The summed E-state index contributed by atoms with van der Waals surface area (Å²) in [5, 5.41) is 19.0. The lowest BCUT2D eigenvalue weighted by molar-refractivity contribution is 0.0562. The number of nitrogens with zero attached hydrogens (tertiary/aromatic N) is 2. The van der Waals surface area contributed by atoms with Gasteiger partial charge in [-0.2, -0.15) is 10.2 Å². The van der Waals surface area contributed by atoms with Crippen molar-refractivity contribution in [1.82, 2.24) is 15.5 Å². The summed E-state index contributed by atoms with van der Waals surface area (Å²) in [5.41, 5.74) is 0.501. The van der Waals surface area contributed by atoms with E-state index in [0.717, 1.165) is 0 Å². The molecule has 0 atom stereocenters. The van der Waals surface area contributed by atoms with Crippen LogP contribution in [-0.4, -0.2) is 33.4 Å². The summed E-state index contributed by atoms with van der Waals surface area (Å²) < 4.78 is 0. The SMILES string of the molecule is O=C(NC1CC(O)C1)c1ccnnc1. The Kier molecular flexibility index (Phi) is 2.41. The lowest BCUT2D eigenvalue weighted by Crippen LogP contribution is -2.46. The first-order valence-corrected chi connectivity index (χ1v) is 4.51. The Balaban J connectivity index is 1.90. The molecule has 5 heteroatoms. The molecular weight excluding hydrogens is 182 g/mol. The monoisotopic (exact) mass is 193 g/mol. The van der Waals surface area contributed by atoms with Gasteiger partial charge in [0.1, 0.15) is 0 Å². The Morgan fingerprint density at radius 3 is 2.86 bits per heavy atom. The summed E-state index contributed by atoms with van der Waals surface area (Å²) in [6.45, 7) is 0. The number of aromatic nitrogens is 2. The molecular formula is C9H11N3O2. The molecule has 0 spiro atoms. The van der Waals surface area contributed by atoms with Crippen LogP contribution in [0.5, 0.6) is 0 Å². The van der Waals surface area contributed by atoms with E-state index in [0.29, 0.717) is 18.4 Å². The fourth-order valence-corrected chi connectivity index (χ4v) is 1.40. The summed E-state index contributed by atoms with van der Waals surface area (Å²) in [5.74, 6) is -0.156. The summed E-state index contributed by atoms with van der Waals surface area (Å²) in [6.07, 6.45) is 3.93. The molecule has 74 valence electrons. The van der Waals surface area contributed by atoms with Crippen molar-refractivity contribution in [1.29, 1.82) is 0 Å². The summed E-state index contributed by atoms with van der Waals surface area (Å²) in [4.78, 5) is 11.5. The minimum absolute atomic E-state index is 0.102. The number of amides is 1. The largest absolute Gasteiger partial charge is 0.393 e. The van der Waals surface area contributed by atoms with Gasteiger partial charge in [-0.3, -0.25) is 4.79 Å². The van der Waals surface area contributed by atoms with Crippen molar-refractivity contribution < 1.29 is 9.90 Å². The van der Waals surface area contributed by atoms with E-state index in [1.807, 2.05) is 0 Å². The van der Waals surface area contributed by atoms with E-state index in [1.54, 1.807) is 6.07 Å². The Morgan fingerprint density at radius 1 is 1.50 bits per heavy atom. The summed E-state index contributed by atoms with van der Waals surface area (Å²) >= 11 is 0. The first-order chi connectivity index (χ1) is 6.75. The van der Waals surface area contributed by atoms with Crippen molar-refractivity contribution >= 4 is 5.91 Å². The van der Waals surface area contributed by atoms with E-state index in [1.165, 1.54) is 12.4 Å². The van der Waals surface area contributed by atoms with Crippen molar-refractivity contribution in [3.8, 4) is 0 Å². The van der Waals surface area contributed by atoms with Gasteiger partial charge in [-0.1, -0.05) is 0 Å². The maximum absolute atomic E-state index is 11.5. The lowest BCUT2D eigenvalue weighted by Gasteiger charge is -2.31. The van der Waals surface area contributed by atoms with Crippen LogP contribution >= 0.6 is 0 Å². The minimum atomic E-state index is -0.254. The number of aliphatic hydroxyl groups is 1. The predicted octanol–water partition coefficient (Wildman–Crippen LogP) is -0.270. The molecule has 1 saturated carbocycles. The average molecular weight is 193 g/mol. The van der Waals surface area contributed by atoms with E-state index in [4.69, 9.17) is 5.11 Å². The van der Waals surface area contributed by atoms with Gasteiger partial charge in [-0.25, -0.2) is 0 Å². The molecule has 0 aliphatic heterocycles. The van der Waals surface area contributed by atoms with E-state index in [2.05, 4.69) is 15.5 Å². The van der Waals surface area contributed by atoms with Gasteiger partial charge in [0.2, 0.25) is 0 Å². The summed E-state index contributed by atoms with van der Waals surface area (Å²) in [6, 6.07) is 1.71. The van der Waals surface area contributed by atoms with E-state index < -0.39 is 0 Å². The van der Waals surface area contributed by atoms with Crippen LogP contribution in [0.2, 0.25) is 0 Å². The molecule has 2 N–H and O–H groups in total. The van der Waals surface area contributed by atoms with Crippen LogP contribution in [0, 0.1) is 0 Å². The fourth-order valence-electron chi connectivity index (χ4n) is 1.40. The number of carbonyl (C=O) groups excluding carboxylic acids is 1. The summed E-state index contributed by atoms with van der Waals surface area (Å²) in [7, 11) is 0. The molecule has 14 heavy (non-hydrogen) atoms. The van der Waals surface area contributed by atoms with Gasteiger partial charge in [0.25, 0.3) is 5.91 Å². The van der Waals surface area contributed by atoms with Gasteiger partial charge in [0.05, 0.1) is 24.1 Å². The quantitative estimate of drug-likeness (QED) is 0.678. The number of hydrogen-bond acceptors (Lipinski definition) is 4. The van der Waals surface area contributed by atoms with Crippen LogP contribution < -0.4 is 5.32 Å². The number of aliphatic hydroxyl groups excluding tert-OH is 1. The number of carbonyl (C=O) groups is 1. The molecule has 1 fully saturated rings. The molecule has 0 unspecified atom stereocenters. The predicted molar refractivity (Wildman–Crippen MR) is 48.5 cm³/mol. The molecule has 5 nitrogen and oxygen atoms in total. The number of rotatable bonds is 2. The topological polar surface area (TPSA) is 75.1 Å². The molecule has 1 aromatic heterocycles. The average Bonchev–Trinajstić information content (AvgIpc) is 2.17. The minimum Gasteiger partial charge on any atom is -0.393 e. The highest BCUT2D eigenvalue weighted by Crippen LogP contribution is 2.19. The van der Waals surface area contributed by atoms with Crippen molar-refractivity contribution in [2.45, 2.75) is 25.0 Å². The highest BCUT2D eigenvalue weighted by molar-refractivity contribution is 5.93. The molecule has 2 rings (SSSR count). The Hall–Kier alpha value is -1.49. The van der Waals surface area contributed by atoms with E-state index >= 15 is 0 Å². The second kappa shape index (κ2) is 3.71.